The molecule has 3 heterocycles. The fourth-order valence-electron chi connectivity index (χ4n) is 3.36. The topological polar surface area (TPSA) is 70.2 Å². The fourth-order valence-corrected chi connectivity index (χ4v) is 3.36. The van der Waals surface area contributed by atoms with E-state index in [9.17, 15) is 4.79 Å². The molecule has 26 heavy (non-hydrogen) atoms. The van der Waals surface area contributed by atoms with Gasteiger partial charge in [0.25, 0.3) is 5.91 Å². The number of H-pyrrole nitrogens is 1. The number of amides is 1. The third-order valence-electron chi connectivity index (χ3n) is 4.92. The highest BCUT2D eigenvalue weighted by Gasteiger charge is 2.20. The molecule has 3 aromatic rings. The number of aryl methyl sites for hydroxylation is 2. The second-order valence-electron chi connectivity index (χ2n) is 6.56. The first-order chi connectivity index (χ1) is 12.6. The lowest BCUT2D eigenvalue weighted by Crippen LogP contribution is -2.37. The van der Waals surface area contributed by atoms with E-state index in [2.05, 4.69) is 34.0 Å². The maximum absolute atomic E-state index is 12.9. The van der Waals surface area contributed by atoms with E-state index in [4.69, 9.17) is 4.74 Å². The molecule has 0 aliphatic carbocycles. The maximum Gasteiger partial charge on any atom is 0.276 e. The predicted octanol–water partition coefficient (Wildman–Crippen LogP) is 3.27. The van der Waals surface area contributed by atoms with Gasteiger partial charge in [0.05, 0.1) is 18.9 Å². The largest absolute Gasteiger partial charge is 0.378 e. The molecule has 1 saturated heterocycles. The average molecular weight is 350 g/mol. The molecule has 0 bridgehead atoms. The van der Waals surface area contributed by atoms with E-state index in [0.717, 1.165) is 41.1 Å². The molecule has 134 valence electrons. The number of hydrogen-bond acceptors (Lipinski definition) is 4. The van der Waals surface area contributed by atoms with Crippen molar-refractivity contribution >= 4 is 28.2 Å². The van der Waals surface area contributed by atoms with Gasteiger partial charge in [0.2, 0.25) is 0 Å². The number of aromatic amines is 1. The second kappa shape index (κ2) is 6.80. The highest BCUT2D eigenvalue weighted by Crippen LogP contribution is 2.26. The smallest absolute Gasteiger partial charge is 0.276 e. The molecular weight excluding hydrogens is 328 g/mol. The summed E-state index contributed by atoms with van der Waals surface area (Å²) in [5.41, 5.74) is 5.47. The molecule has 6 heteroatoms. The second-order valence-corrected chi connectivity index (χ2v) is 6.56. The molecule has 0 unspecified atom stereocenters. The molecule has 6 nitrogen and oxygen atoms in total. The highest BCUT2D eigenvalue weighted by molar-refractivity contribution is 6.07. The van der Waals surface area contributed by atoms with Crippen molar-refractivity contribution in [3.05, 3.63) is 53.5 Å². The van der Waals surface area contributed by atoms with Crippen LogP contribution in [0.4, 0.5) is 11.4 Å². The van der Waals surface area contributed by atoms with Crippen LogP contribution in [-0.4, -0.2) is 42.2 Å². The Hall–Kier alpha value is -2.86. The Labute approximate surface area is 152 Å². The third-order valence-corrected chi connectivity index (χ3v) is 4.92. The van der Waals surface area contributed by atoms with Gasteiger partial charge in [-0.3, -0.25) is 4.79 Å². The van der Waals surface area contributed by atoms with Crippen molar-refractivity contribution in [1.82, 2.24) is 9.97 Å². The summed E-state index contributed by atoms with van der Waals surface area (Å²) in [4.78, 5) is 22.7. The number of benzene rings is 1. The van der Waals surface area contributed by atoms with Crippen LogP contribution >= 0.6 is 0 Å². The molecule has 0 saturated carbocycles. The zero-order valence-electron chi connectivity index (χ0n) is 15.0. The summed E-state index contributed by atoms with van der Waals surface area (Å²) in [6, 6.07) is 9.71. The quantitative estimate of drug-likeness (QED) is 0.761. The lowest BCUT2D eigenvalue weighted by Gasteiger charge is -2.29. The van der Waals surface area contributed by atoms with Crippen LogP contribution in [0.2, 0.25) is 0 Å². The van der Waals surface area contributed by atoms with Gasteiger partial charge in [-0.15, -0.1) is 0 Å². The third kappa shape index (κ3) is 3.04. The Kier molecular flexibility index (Phi) is 4.34. The standard InChI is InChI=1S/C20H22N4O2/c1-13-14(2)22-17-6-5-15(12-16(13)17)23-20(25)19-18(4-3-7-21-19)24-8-10-26-11-9-24/h3-7,12,22H,8-11H2,1-2H3,(H,23,25). The first kappa shape index (κ1) is 16.6. The number of rotatable bonds is 3. The van der Waals surface area contributed by atoms with Gasteiger partial charge < -0.3 is 19.9 Å². The number of ether oxygens (including phenoxy) is 1. The van der Waals surface area contributed by atoms with Crippen molar-refractivity contribution in [2.45, 2.75) is 13.8 Å². The minimum atomic E-state index is -0.198. The number of aromatic nitrogens is 2. The van der Waals surface area contributed by atoms with Crippen LogP contribution in [0.15, 0.2) is 36.5 Å². The molecule has 0 atom stereocenters. The number of pyridine rings is 1. The molecule has 1 fully saturated rings. The fraction of sp³-hybridized carbons (Fsp3) is 0.300. The van der Waals surface area contributed by atoms with E-state index in [1.165, 1.54) is 5.56 Å². The van der Waals surface area contributed by atoms with Gasteiger partial charge in [-0.05, 0) is 49.7 Å². The number of nitrogens with zero attached hydrogens (tertiary/aromatic N) is 2. The van der Waals surface area contributed by atoms with Gasteiger partial charge in [-0.1, -0.05) is 0 Å². The molecule has 1 aliphatic heterocycles. The van der Waals surface area contributed by atoms with E-state index in [-0.39, 0.29) is 5.91 Å². The molecule has 0 radical (unpaired) electrons. The summed E-state index contributed by atoms with van der Waals surface area (Å²) >= 11 is 0. The predicted molar refractivity (Wildman–Crippen MR) is 103 cm³/mol. The minimum Gasteiger partial charge on any atom is -0.378 e. The van der Waals surface area contributed by atoms with Gasteiger partial charge in [-0.25, -0.2) is 4.98 Å². The number of morpholine rings is 1. The van der Waals surface area contributed by atoms with Crippen LogP contribution in [0.1, 0.15) is 21.7 Å². The van der Waals surface area contributed by atoms with Crippen molar-refractivity contribution in [3.8, 4) is 0 Å². The van der Waals surface area contributed by atoms with Gasteiger partial charge in [0.1, 0.15) is 0 Å². The number of fused-ring (bicyclic) bond motifs is 1. The molecule has 1 aromatic carbocycles. The number of hydrogen-bond donors (Lipinski definition) is 2. The van der Waals surface area contributed by atoms with Gasteiger partial charge in [0, 0.05) is 41.6 Å². The van der Waals surface area contributed by atoms with Crippen molar-refractivity contribution < 1.29 is 9.53 Å². The SMILES string of the molecule is Cc1[nH]c2ccc(NC(=O)c3ncccc3N3CCOCC3)cc2c1C. The van der Waals surface area contributed by atoms with Crippen molar-refractivity contribution in [1.29, 1.82) is 0 Å². The Balaban J connectivity index is 1.61. The summed E-state index contributed by atoms with van der Waals surface area (Å²) in [5, 5.41) is 4.11. The summed E-state index contributed by atoms with van der Waals surface area (Å²) in [7, 11) is 0. The summed E-state index contributed by atoms with van der Waals surface area (Å²) < 4.78 is 5.41. The molecule has 0 spiro atoms. The van der Waals surface area contributed by atoms with Crippen LogP contribution in [0.3, 0.4) is 0 Å². The lowest BCUT2D eigenvalue weighted by atomic mass is 10.1. The minimum absolute atomic E-state index is 0.198. The van der Waals surface area contributed by atoms with Crippen LogP contribution in [0.25, 0.3) is 10.9 Å². The van der Waals surface area contributed by atoms with E-state index < -0.39 is 0 Å². The van der Waals surface area contributed by atoms with Crippen LogP contribution in [0, 0.1) is 13.8 Å². The Bertz CT molecular complexity index is 958. The van der Waals surface area contributed by atoms with E-state index in [0.29, 0.717) is 18.9 Å². The molecule has 2 N–H and O–H groups in total. The van der Waals surface area contributed by atoms with Crippen LogP contribution in [-0.2, 0) is 4.74 Å². The highest BCUT2D eigenvalue weighted by atomic mass is 16.5. The van der Waals surface area contributed by atoms with Crippen molar-refractivity contribution in [2.24, 2.45) is 0 Å². The maximum atomic E-state index is 12.9. The number of anilines is 2. The van der Waals surface area contributed by atoms with E-state index in [1.807, 2.05) is 30.3 Å². The lowest BCUT2D eigenvalue weighted by molar-refractivity contribution is 0.102. The molecular formula is C20H22N4O2. The Morgan fingerprint density at radius 2 is 2.04 bits per heavy atom. The number of nitrogens with one attached hydrogen (secondary N) is 2. The molecule has 1 amide bonds. The van der Waals surface area contributed by atoms with E-state index >= 15 is 0 Å². The van der Waals surface area contributed by atoms with Gasteiger partial charge in [0.15, 0.2) is 5.69 Å². The number of carbonyl (C=O) groups is 1. The van der Waals surface area contributed by atoms with E-state index in [1.54, 1.807) is 6.20 Å². The summed E-state index contributed by atoms with van der Waals surface area (Å²) in [6.45, 7) is 6.99. The summed E-state index contributed by atoms with van der Waals surface area (Å²) in [6.07, 6.45) is 1.65. The summed E-state index contributed by atoms with van der Waals surface area (Å²) in [5.74, 6) is -0.198. The Morgan fingerprint density at radius 3 is 2.85 bits per heavy atom. The number of carbonyl (C=O) groups excluding carboxylic acids is 1. The monoisotopic (exact) mass is 350 g/mol. The van der Waals surface area contributed by atoms with Crippen molar-refractivity contribution in [3.63, 3.8) is 0 Å². The molecule has 1 aliphatic rings. The van der Waals surface area contributed by atoms with Crippen LogP contribution < -0.4 is 10.2 Å². The zero-order chi connectivity index (χ0) is 18.1. The Morgan fingerprint density at radius 1 is 1.23 bits per heavy atom. The van der Waals surface area contributed by atoms with Gasteiger partial charge in [-0.2, -0.15) is 0 Å². The van der Waals surface area contributed by atoms with Crippen molar-refractivity contribution in [2.75, 3.05) is 36.5 Å². The van der Waals surface area contributed by atoms with Crippen LogP contribution in [0.5, 0.6) is 0 Å². The first-order valence-corrected chi connectivity index (χ1v) is 8.81. The molecule has 2 aromatic heterocycles. The van der Waals surface area contributed by atoms with Gasteiger partial charge >= 0.3 is 0 Å². The first-order valence-electron chi connectivity index (χ1n) is 8.81. The molecule has 4 rings (SSSR count). The normalized spacial score (nSPS) is 14.6. The zero-order valence-corrected chi connectivity index (χ0v) is 15.0. The average Bonchev–Trinajstić information content (AvgIpc) is 2.96.